The first-order valence-electron chi connectivity index (χ1n) is 24.1. The van der Waals surface area contributed by atoms with Crippen LogP contribution >= 0.6 is 15.6 Å². The van der Waals surface area contributed by atoms with Gasteiger partial charge in [-0.05, 0) is 12.8 Å². The fraction of sp³-hybridized carbons (Fsp3) is 0.860. The SMILES string of the molecule is CCCCCCCCCCCC(O)CC(=O)N[C@H]1C(OP(=O)([O-])OP(=O)([O-])OC[C@H]2O[C@@H](n3ccc(=O)[nH]c3=O)[C@H](O)[C@@H]2O)O[C@H](CO)[C@@H](O)[C@@H]1OC(=O)CC(O)CCCCCCCCCCC. The van der Waals surface area contributed by atoms with Gasteiger partial charge in [0.1, 0.15) is 36.6 Å². The van der Waals surface area contributed by atoms with Crippen LogP contribution in [0.2, 0.25) is 0 Å². The largest absolute Gasteiger partial charge is 0.756 e. The number of ether oxygens (including phenoxy) is 3. The van der Waals surface area contributed by atoms with Crippen LogP contribution in [0.25, 0.3) is 0 Å². The fourth-order valence-electron chi connectivity index (χ4n) is 8.07. The number of H-pyrrole nitrogens is 1. The zero-order chi connectivity index (χ0) is 50.3. The zero-order valence-electron chi connectivity index (χ0n) is 39.2. The van der Waals surface area contributed by atoms with Crippen molar-refractivity contribution in [1.82, 2.24) is 14.9 Å². The van der Waals surface area contributed by atoms with Crippen LogP contribution < -0.4 is 26.4 Å². The first-order valence-corrected chi connectivity index (χ1v) is 27.0. The lowest BCUT2D eigenvalue weighted by molar-refractivity contribution is -0.286. The maximum atomic E-state index is 13.4. The molecular weight excluding hydrogens is 940 g/mol. The second kappa shape index (κ2) is 31.1. The number of phosphoric ester groups is 2. The van der Waals surface area contributed by atoms with Crippen molar-refractivity contribution in [3.05, 3.63) is 33.1 Å². The third-order valence-electron chi connectivity index (χ3n) is 11.8. The maximum Gasteiger partial charge on any atom is 0.330 e. The van der Waals surface area contributed by atoms with Gasteiger partial charge in [0.2, 0.25) is 5.91 Å². The molecule has 0 bridgehead atoms. The maximum absolute atomic E-state index is 13.4. The molecule has 2 aliphatic rings. The number of aliphatic hydroxyl groups excluding tert-OH is 6. The molecule has 1 aromatic rings. The van der Waals surface area contributed by atoms with Gasteiger partial charge in [0.25, 0.3) is 21.2 Å². The van der Waals surface area contributed by atoms with Crippen LogP contribution in [-0.4, -0.2) is 126 Å². The van der Waals surface area contributed by atoms with Crippen LogP contribution in [0, 0.1) is 0 Å². The van der Waals surface area contributed by atoms with E-state index >= 15 is 0 Å². The van der Waals surface area contributed by atoms with E-state index in [9.17, 15) is 68.7 Å². The Labute approximate surface area is 397 Å². The second-order valence-electron chi connectivity index (χ2n) is 17.7. The molecule has 0 saturated carbocycles. The van der Waals surface area contributed by atoms with Crippen molar-refractivity contribution in [3.63, 3.8) is 0 Å². The Kier molecular flexibility index (Phi) is 27.4. The average Bonchev–Trinajstić information content (AvgIpc) is 3.54. The van der Waals surface area contributed by atoms with Crippen molar-refractivity contribution < 1.29 is 86.7 Å². The van der Waals surface area contributed by atoms with Gasteiger partial charge in [-0.25, -0.2) is 9.11 Å². The highest BCUT2D eigenvalue weighted by molar-refractivity contribution is 7.59. The third-order valence-corrected chi connectivity index (χ3v) is 14.4. The summed E-state index contributed by atoms with van der Waals surface area (Å²) >= 11 is 0. The first-order chi connectivity index (χ1) is 32.3. The van der Waals surface area contributed by atoms with Gasteiger partial charge >= 0.3 is 11.7 Å². The predicted molar refractivity (Wildman–Crippen MR) is 239 cm³/mol. The van der Waals surface area contributed by atoms with Gasteiger partial charge in [-0.15, -0.1) is 0 Å². The highest BCUT2D eigenvalue weighted by atomic mass is 31.3. The van der Waals surface area contributed by atoms with Crippen LogP contribution in [0.15, 0.2) is 21.9 Å². The van der Waals surface area contributed by atoms with Crippen molar-refractivity contribution in [2.75, 3.05) is 13.2 Å². The van der Waals surface area contributed by atoms with Gasteiger partial charge in [-0.2, -0.15) is 0 Å². The summed E-state index contributed by atoms with van der Waals surface area (Å²) in [7, 11) is -12.2. The molecule has 8 N–H and O–H groups in total. The van der Waals surface area contributed by atoms with E-state index in [0.717, 1.165) is 89.3 Å². The average molecular weight is 1020 g/mol. The third kappa shape index (κ3) is 21.5. The van der Waals surface area contributed by atoms with E-state index in [-0.39, 0.29) is 12.8 Å². The lowest BCUT2D eigenvalue weighted by Crippen LogP contribution is -2.66. The van der Waals surface area contributed by atoms with E-state index in [2.05, 4.69) is 28.0 Å². The quantitative estimate of drug-likeness (QED) is 0.0274. The molecule has 0 radical (unpaired) electrons. The molecule has 3 rings (SSSR count). The molecule has 5 unspecified atom stereocenters. The Balaban J connectivity index is 1.70. The molecule has 0 aliphatic carbocycles. The molecule has 1 amide bonds. The number of phosphoric acid groups is 2. The Morgan fingerprint density at radius 3 is 1.82 bits per heavy atom. The number of hydrogen-bond donors (Lipinski definition) is 8. The summed E-state index contributed by atoms with van der Waals surface area (Å²) < 4.78 is 56.8. The number of unbranched alkanes of at least 4 members (excludes halogenated alkanes) is 16. The number of rotatable bonds is 35. The number of carbonyl (C=O) groups is 2. The lowest BCUT2D eigenvalue weighted by Gasteiger charge is -2.45. The summed E-state index contributed by atoms with van der Waals surface area (Å²) in [6, 6.07) is -1.05. The van der Waals surface area contributed by atoms with E-state index in [4.69, 9.17) is 18.7 Å². The molecule has 23 nitrogen and oxygen atoms in total. The van der Waals surface area contributed by atoms with Crippen LogP contribution in [0.3, 0.4) is 0 Å². The number of aromatic amines is 1. The smallest absolute Gasteiger partial charge is 0.330 e. The van der Waals surface area contributed by atoms with Gasteiger partial charge in [-0.3, -0.25) is 37.6 Å². The van der Waals surface area contributed by atoms with Crippen LogP contribution in [0.5, 0.6) is 0 Å². The molecule has 394 valence electrons. The summed E-state index contributed by atoms with van der Waals surface area (Å²) in [6.07, 6.45) is 1.10. The molecular formula is C43H75N3O20P2-2. The van der Waals surface area contributed by atoms with E-state index in [1.807, 2.05) is 4.98 Å². The van der Waals surface area contributed by atoms with Crippen molar-refractivity contribution in [2.45, 2.75) is 222 Å². The Morgan fingerprint density at radius 1 is 0.765 bits per heavy atom. The zero-order valence-corrected chi connectivity index (χ0v) is 41.0. The molecule has 1 aromatic heterocycles. The van der Waals surface area contributed by atoms with Crippen molar-refractivity contribution >= 4 is 27.5 Å². The van der Waals surface area contributed by atoms with E-state index in [0.29, 0.717) is 17.4 Å². The normalized spacial score (nSPS) is 26.7. The van der Waals surface area contributed by atoms with Crippen LogP contribution in [-0.2, 0) is 46.3 Å². The predicted octanol–water partition coefficient (Wildman–Crippen LogP) is 1.96. The monoisotopic (exact) mass is 1020 g/mol. The first kappa shape index (κ1) is 59.9. The molecule has 3 heterocycles. The summed E-state index contributed by atoms with van der Waals surface area (Å²) in [6.45, 7) is 2.07. The summed E-state index contributed by atoms with van der Waals surface area (Å²) in [5, 5.41) is 65.9. The Morgan fingerprint density at radius 2 is 1.29 bits per heavy atom. The number of amides is 1. The number of esters is 1. The van der Waals surface area contributed by atoms with Crippen molar-refractivity contribution in [3.8, 4) is 0 Å². The van der Waals surface area contributed by atoms with Gasteiger partial charge in [0.05, 0.1) is 38.3 Å². The molecule has 2 fully saturated rings. The van der Waals surface area contributed by atoms with E-state index in [1.165, 1.54) is 25.7 Å². The van der Waals surface area contributed by atoms with Crippen LogP contribution in [0.4, 0.5) is 0 Å². The molecule has 0 aromatic carbocycles. The highest BCUT2D eigenvalue weighted by Gasteiger charge is 2.50. The number of aliphatic hydroxyl groups is 6. The minimum Gasteiger partial charge on any atom is -0.756 e. The van der Waals surface area contributed by atoms with Gasteiger partial charge in [-0.1, -0.05) is 129 Å². The minimum absolute atomic E-state index is 0.228. The van der Waals surface area contributed by atoms with Gasteiger partial charge in [0, 0.05) is 12.3 Å². The number of nitrogens with zero attached hydrogens (tertiary/aromatic N) is 1. The fourth-order valence-corrected chi connectivity index (χ4v) is 10.2. The number of aromatic nitrogens is 2. The standard InChI is InChI=1S/C43H77N3O20P2/c1-3-5-7-9-11-13-15-17-19-21-29(48)25-34(51)44-36-40(64-35(52)26-30(49)22-20-18-16-14-12-10-8-6-4-2)38(54)31(27-47)63-42(36)65-68(59,60)66-67(57,58)61-28-32-37(53)39(55)41(62-32)46-24-23-33(50)45-43(46)56/h23-24,29-32,36-42,47-49,53-55H,3-22,25-28H2,1-2H3,(H,44,51)(H,57,58)(H,59,60)(H,45,50,56)/p-2/t29?,30?,31-,32-,36-,37-,38-,39-,40-,41-,42?/m1/s1. The van der Waals surface area contributed by atoms with Crippen LogP contribution in [0.1, 0.15) is 161 Å². The molecule has 13 atom stereocenters. The summed E-state index contributed by atoms with van der Waals surface area (Å²) in [5.41, 5.74) is -1.83. The number of carbonyl (C=O) groups excluding carboxylic acids is 2. The molecule has 2 saturated heterocycles. The summed E-state index contributed by atoms with van der Waals surface area (Å²) in [4.78, 5) is 78.2. The molecule has 68 heavy (non-hydrogen) atoms. The molecule has 0 spiro atoms. The number of hydrogen-bond acceptors (Lipinski definition) is 20. The van der Waals surface area contributed by atoms with Gasteiger partial charge < -0.3 is 64.5 Å². The Bertz CT molecular complexity index is 1840. The van der Waals surface area contributed by atoms with Gasteiger partial charge in [0.15, 0.2) is 18.6 Å². The lowest BCUT2D eigenvalue weighted by atomic mass is 9.96. The minimum atomic E-state index is -6.20. The van der Waals surface area contributed by atoms with Crippen molar-refractivity contribution in [2.24, 2.45) is 0 Å². The second-order valence-corrected chi connectivity index (χ2v) is 20.6. The van der Waals surface area contributed by atoms with Crippen molar-refractivity contribution in [1.29, 1.82) is 0 Å². The Hall–Kier alpha value is -2.44. The number of nitrogens with one attached hydrogen (secondary N) is 2. The topological polar surface area (TPSA) is 358 Å². The van der Waals surface area contributed by atoms with E-state index < -0.39 is 132 Å². The molecule has 25 heteroatoms. The molecule has 2 aliphatic heterocycles. The summed E-state index contributed by atoms with van der Waals surface area (Å²) in [5.74, 6) is -2.04. The van der Waals surface area contributed by atoms with E-state index in [1.54, 1.807) is 0 Å². The highest BCUT2D eigenvalue weighted by Crippen LogP contribution is 2.57.